The molecule has 0 spiro atoms. The zero-order valence-electron chi connectivity index (χ0n) is 9.19. The topological polar surface area (TPSA) is 15.3 Å². The molecule has 0 bridgehead atoms. The summed E-state index contributed by atoms with van der Waals surface area (Å²) in [7, 11) is 0. The average Bonchev–Trinajstić information content (AvgIpc) is 2.76. The molecule has 0 aromatic rings. The highest BCUT2D eigenvalue weighted by Crippen LogP contribution is 2.42. The third-order valence-corrected chi connectivity index (χ3v) is 3.53. The first kappa shape index (κ1) is 9.47. The van der Waals surface area contributed by atoms with E-state index >= 15 is 0 Å². The predicted molar refractivity (Wildman–Crippen MR) is 55.9 cm³/mol. The fraction of sp³-hybridized carbons (Fsp3) is 1.00. The number of nitrogens with zero attached hydrogens (tertiary/aromatic N) is 1. The molecule has 2 rings (SSSR count). The molecular formula is C11H22N2. The van der Waals surface area contributed by atoms with Crippen molar-refractivity contribution in [3.05, 3.63) is 0 Å². The van der Waals surface area contributed by atoms with E-state index in [4.69, 9.17) is 0 Å². The number of rotatable bonds is 1. The standard InChI is InChI=1S/C11H22N2/c1-10(2)9-13(8-4-7-12-10)11(3)5-6-11/h12H,4-9H2,1-3H3. The van der Waals surface area contributed by atoms with Crippen LogP contribution >= 0.6 is 0 Å². The van der Waals surface area contributed by atoms with Crippen molar-refractivity contribution in [1.29, 1.82) is 0 Å². The SMILES string of the molecule is CC1(C)CN(C2(C)CC2)CCCN1. The summed E-state index contributed by atoms with van der Waals surface area (Å²) < 4.78 is 0. The lowest BCUT2D eigenvalue weighted by Gasteiger charge is -2.34. The van der Waals surface area contributed by atoms with E-state index in [-0.39, 0.29) is 0 Å². The quantitative estimate of drug-likeness (QED) is 0.663. The zero-order chi connectivity index (χ0) is 9.53. The summed E-state index contributed by atoms with van der Waals surface area (Å²) in [5.74, 6) is 0. The normalized spacial score (nSPS) is 32.5. The Labute approximate surface area is 81.7 Å². The van der Waals surface area contributed by atoms with Gasteiger partial charge >= 0.3 is 0 Å². The lowest BCUT2D eigenvalue weighted by Crippen LogP contribution is -2.49. The van der Waals surface area contributed by atoms with Crippen LogP contribution in [0.3, 0.4) is 0 Å². The average molecular weight is 182 g/mol. The summed E-state index contributed by atoms with van der Waals surface area (Å²) in [6, 6.07) is 0. The molecule has 1 N–H and O–H groups in total. The van der Waals surface area contributed by atoms with Gasteiger partial charge in [-0.05, 0) is 53.1 Å². The van der Waals surface area contributed by atoms with Gasteiger partial charge in [0.2, 0.25) is 0 Å². The summed E-state index contributed by atoms with van der Waals surface area (Å²) >= 11 is 0. The van der Waals surface area contributed by atoms with Crippen LogP contribution in [0.5, 0.6) is 0 Å². The van der Waals surface area contributed by atoms with Crippen molar-refractivity contribution in [2.24, 2.45) is 0 Å². The molecule has 1 saturated heterocycles. The highest BCUT2D eigenvalue weighted by atomic mass is 15.3. The van der Waals surface area contributed by atoms with Crippen molar-refractivity contribution in [3.63, 3.8) is 0 Å². The molecule has 76 valence electrons. The molecule has 0 unspecified atom stereocenters. The Morgan fingerprint density at radius 3 is 2.46 bits per heavy atom. The molecule has 0 amide bonds. The minimum atomic E-state index is 0.308. The first-order valence-corrected chi connectivity index (χ1v) is 5.52. The van der Waals surface area contributed by atoms with Crippen LogP contribution < -0.4 is 5.32 Å². The predicted octanol–water partition coefficient (Wildman–Crippen LogP) is 1.61. The molecule has 0 atom stereocenters. The van der Waals surface area contributed by atoms with Gasteiger partial charge < -0.3 is 5.32 Å². The van der Waals surface area contributed by atoms with Crippen molar-refractivity contribution in [1.82, 2.24) is 10.2 Å². The Morgan fingerprint density at radius 2 is 1.85 bits per heavy atom. The van der Waals surface area contributed by atoms with Crippen LogP contribution in [0.2, 0.25) is 0 Å². The highest BCUT2D eigenvalue weighted by Gasteiger charge is 2.44. The summed E-state index contributed by atoms with van der Waals surface area (Å²) in [5, 5.41) is 3.61. The number of hydrogen-bond acceptors (Lipinski definition) is 2. The number of nitrogens with one attached hydrogen (secondary N) is 1. The fourth-order valence-electron chi connectivity index (χ4n) is 2.27. The monoisotopic (exact) mass is 182 g/mol. The van der Waals surface area contributed by atoms with Gasteiger partial charge in [-0.1, -0.05) is 0 Å². The van der Waals surface area contributed by atoms with Gasteiger partial charge in [-0.3, -0.25) is 4.90 Å². The van der Waals surface area contributed by atoms with Gasteiger partial charge in [0.05, 0.1) is 0 Å². The Bertz CT molecular complexity index is 194. The van der Waals surface area contributed by atoms with Gasteiger partial charge in [0, 0.05) is 17.6 Å². The minimum Gasteiger partial charge on any atom is -0.310 e. The van der Waals surface area contributed by atoms with Gasteiger partial charge in [-0.2, -0.15) is 0 Å². The Kier molecular flexibility index (Phi) is 2.16. The summed E-state index contributed by atoms with van der Waals surface area (Å²) in [4.78, 5) is 2.69. The van der Waals surface area contributed by atoms with E-state index < -0.39 is 0 Å². The lowest BCUT2D eigenvalue weighted by molar-refractivity contribution is 0.164. The molecule has 1 saturated carbocycles. The summed E-state index contributed by atoms with van der Waals surface area (Å²) in [5.41, 5.74) is 0.866. The van der Waals surface area contributed by atoms with Crippen molar-refractivity contribution in [2.75, 3.05) is 19.6 Å². The zero-order valence-corrected chi connectivity index (χ0v) is 9.19. The lowest BCUT2D eigenvalue weighted by atomic mass is 10.0. The number of hydrogen-bond donors (Lipinski definition) is 1. The second-order valence-electron chi connectivity index (χ2n) is 5.58. The molecule has 0 aromatic heterocycles. The van der Waals surface area contributed by atoms with Crippen LogP contribution in [0.4, 0.5) is 0 Å². The van der Waals surface area contributed by atoms with Crippen LogP contribution in [-0.2, 0) is 0 Å². The molecule has 13 heavy (non-hydrogen) atoms. The molecule has 2 heteroatoms. The maximum atomic E-state index is 3.61. The van der Waals surface area contributed by atoms with Gasteiger partial charge in [0.25, 0.3) is 0 Å². The second kappa shape index (κ2) is 2.96. The molecule has 0 radical (unpaired) electrons. The molecule has 1 heterocycles. The minimum absolute atomic E-state index is 0.308. The molecular weight excluding hydrogens is 160 g/mol. The van der Waals surface area contributed by atoms with Crippen LogP contribution in [0.1, 0.15) is 40.0 Å². The molecule has 2 nitrogen and oxygen atoms in total. The van der Waals surface area contributed by atoms with E-state index in [1.807, 2.05) is 0 Å². The highest BCUT2D eigenvalue weighted by molar-refractivity contribution is 5.02. The van der Waals surface area contributed by atoms with Crippen LogP contribution in [0.25, 0.3) is 0 Å². The molecule has 1 aliphatic carbocycles. The third-order valence-electron chi connectivity index (χ3n) is 3.53. The van der Waals surface area contributed by atoms with Crippen LogP contribution in [0.15, 0.2) is 0 Å². The smallest absolute Gasteiger partial charge is 0.0252 e. The fourth-order valence-corrected chi connectivity index (χ4v) is 2.27. The first-order valence-electron chi connectivity index (χ1n) is 5.52. The van der Waals surface area contributed by atoms with Crippen LogP contribution in [0, 0.1) is 0 Å². The molecule has 0 aromatic carbocycles. The van der Waals surface area contributed by atoms with Gasteiger partial charge in [0.15, 0.2) is 0 Å². The van der Waals surface area contributed by atoms with Gasteiger partial charge in [0.1, 0.15) is 0 Å². The van der Waals surface area contributed by atoms with Crippen molar-refractivity contribution in [3.8, 4) is 0 Å². The first-order chi connectivity index (χ1) is 6.02. The molecule has 2 fully saturated rings. The van der Waals surface area contributed by atoms with Gasteiger partial charge in [-0.15, -0.1) is 0 Å². The van der Waals surface area contributed by atoms with E-state index in [1.165, 1.54) is 38.9 Å². The molecule has 2 aliphatic rings. The molecule has 1 aliphatic heterocycles. The van der Waals surface area contributed by atoms with E-state index in [2.05, 4.69) is 31.0 Å². The van der Waals surface area contributed by atoms with Crippen molar-refractivity contribution in [2.45, 2.75) is 51.1 Å². The Hall–Kier alpha value is -0.0800. The largest absolute Gasteiger partial charge is 0.310 e. The third kappa shape index (κ3) is 2.05. The second-order valence-corrected chi connectivity index (χ2v) is 5.58. The van der Waals surface area contributed by atoms with E-state index in [0.717, 1.165) is 0 Å². The van der Waals surface area contributed by atoms with E-state index in [1.54, 1.807) is 0 Å². The maximum Gasteiger partial charge on any atom is 0.0252 e. The van der Waals surface area contributed by atoms with E-state index in [0.29, 0.717) is 11.1 Å². The van der Waals surface area contributed by atoms with Crippen molar-refractivity contribution < 1.29 is 0 Å². The van der Waals surface area contributed by atoms with Crippen molar-refractivity contribution >= 4 is 0 Å². The van der Waals surface area contributed by atoms with Crippen LogP contribution in [-0.4, -0.2) is 35.6 Å². The Morgan fingerprint density at radius 1 is 1.15 bits per heavy atom. The Balaban J connectivity index is 2.03. The van der Waals surface area contributed by atoms with Gasteiger partial charge in [-0.25, -0.2) is 0 Å². The maximum absolute atomic E-state index is 3.61. The summed E-state index contributed by atoms with van der Waals surface area (Å²) in [6.07, 6.45) is 4.12. The summed E-state index contributed by atoms with van der Waals surface area (Å²) in [6.45, 7) is 10.7. The van der Waals surface area contributed by atoms with E-state index in [9.17, 15) is 0 Å².